The van der Waals surface area contributed by atoms with Gasteiger partial charge in [-0.05, 0) is 42.0 Å². The smallest absolute Gasteiger partial charge is 0.174 e. The van der Waals surface area contributed by atoms with Crippen molar-refractivity contribution in [1.82, 2.24) is 9.55 Å². The van der Waals surface area contributed by atoms with Gasteiger partial charge in [0.05, 0.1) is 18.1 Å². The number of nitrogens with zero attached hydrogens (tertiary/aromatic N) is 2. The van der Waals surface area contributed by atoms with Gasteiger partial charge in [-0.25, -0.2) is 4.98 Å². The van der Waals surface area contributed by atoms with Crippen molar-refractivity contribution in [3.8, 4) is 11.4 Å². The second-order valence-electron chi connectivity index (χ2n) is 5.69. The molecule has 4 rings (SSSR count). The van der Waals surface area contributed by atoms with Crippen LogP contribution in [0.25, 0.3) is 16.7 Å². The monoisotopic (exact) mass is 346 g/mol. The number of imidazole rings is 1. The Bertz CT molecular complexity index is 978. The lowest BCUT2D eigenvalue weighted by Crippen LogP contribution is -1.96. The van der Waals surface area contributed by atoms with Crippen LogP contribution in [0, 0.1) is 0 Å². The molecule has 4 aromatic rings. The molecular formula is C21H18N2OS. The summed E-state index contributed by atoms with van der Waals surface area (Å²) < 4.78 is 7.45. The summed E-state index contributed by atoms with van der Waals surface area (Å²) >= 11 is 1.75. The van der Waals surface area contributed by atoms with E-state index < -0.39 is 0 Å². The molecule has 0 atom stereocenters. The van der Waals surface area contributed by atoms with Gasteiger partial charge in [0.25, 0.3) is 0 Å². The normalized spacial score (nSPS) is 10.9. The number of hydrogen-bond donors (Lipinski definition) is 0. The average Bonchev–Trinajstić information content (AvgIpc) is 3.06. The Morgan fingerprint density at radius 2 is 1.60 bits per heavy atom. The lowest BCUT2D eigenvalue weighted by molar-refractivity contribution is 0.414. The Kier molecular flexibility index (Phi) is 4.44. The van der Waals surface area contributed by atoms with Crippen LogP contribution in [0.15, 0.2) is 84.0 Å². The van der Waals surface area contributed by atoms with Crippen LogP contribution in [-0.4, -0.2) is 16.7 Å². The van der Waals surface area contributed by atoms with Gasteiger partial charge in [-0.1, -0.05) is 54.2 Å². The maximum atomic E-state index is 5.23. The van der Waals surface area contributed by atoms with Crippen molar-refractivity contribution in [2.24, 2.45) is 0 Å². The second kappa shape index (κ2) is 7.03. The van der Waals surface area contributed by atoms with Crippen molar-refractivity contribution < 1.29 is 4.74 Å². The molecule has 0 fully saturated rings. The van der Waals surface area contributed by atoms with E-state index >= 15 is 0 Å². The zero-order chi connectivity index (χ0) is 17.1. The van der Waals surface area contributed by atoms with Gasteiger partial charge in [0.1, 0.15) is 5.75 Å². The van der Waals surface area contributed by atoms with Gasteiger partial charge in [-0.2, -0.15) is 0 Å². The van der Waals surface area contributed by atoms with Crippen molar-refractivity contribution in [3.63, 3.8) is 0 Å². The van der Waals surface area contributed by atoms with E-state index in [1.807, 2.05) is 24.3 Å². The molecule has 124 valence electrons. The fourth-order valence-electron chi connectivity index (χ4n) is 2.80. The third kappa shape index (κ3) is 3.26. The fraction of sp³-hybridized carbons (Fsp3) is 0.0952. The number of aromatic nitrogens is 2. The Balaban J connectivity index is 1.68. The summed E-state index contributed by atoms with van der Waals surface area (Å²) in [7, 11) is 1.69. The van der Waals surface area contributed by atoms with Gasteiger partial charge in [-0.3, -0.25) is 4.57 Å². The molecule has 0 aliphatic rings. The fourth-order valence-corrected chi connectivity index (χ4v) is 3.78. The van der Waals surface area contributed by atoms with E-state index in [0.29, 0.717) is 0 Å². The molecule has 4 heteroatoms. The minimum absolute atomic E-state index is 0.861. The molecule has 0 saturated heterocycles. The van der Waals surface area contributed by atoms with E-state index in [1.54, 1.807) is 18.9 Å². The molecule has 3 nitrogen and oxygen atoms in total. The summed E-state index contributed by atoms with van der Waals surface area (Å²) in [6.07, 6.45) is 0. The van der Waals surface area contributed by atoms with Gasteiger partial charge < -0.3 is 4.74 Å². The van der Waals surface area contributed by atoms with Gasteiger partial charge >= 0.3 is 0 Å². The summed E-state index contributed by atoms with van der Waals surface area (Å²) in [5.74, 6) is 1.74. The number of ether oxygens (including phenoxy) is 1. The van der Waals surface area contributed by atoms with Gasteiger partial charge in [0, 0.05) is 11.4 Å². The molecule has 1 heterocycles. The lowest BCUT2D eigenvalue weighted by Gasteiger charge is -2.09. The maximum Gasteiger partial charge on any atom is 0.174 e. The molecule has 0 aliphatic carbocycles. The van der Waals surface area contributed by atoms with E-state index in [9.17, 15) is 0 Å². The molecule has 0 radical (unpaired) electrons. The van der Waals surface area contributed by atoms with Crippen LogP contribution in [0.1, 0.15) is 5.56 Å². The van der Waals surface area contributed by atoms with Crippen LogP contribution in [0.4, 0.5) is 0 Å². The molecule has 25 heavy (non-hydrogen) atoms. The third-order valence-electron chi connectivity index (χ3n) is 4.07. The summed E-state index contributed by atoms with van der Waals surface area (Å²) in [6.45, 7) is 0. The summed E-state index contributed by atoms with van der Waals surface area (Å²) in [6, 6.07) is 26.8. The lowest BCUT2D eigenvalue weighted by atomic mass is 10.2. The highest BCUT2D eigenvalue weighted by Crippen LogP contribution is 2.30. The number of fused-ring (bicyclic) bond motifs is 1. The van der Waals surface area contributed by atoms with Crippen LogP contribution in [0.3, 0.4) is 0 Å². The van der Waals surface area contributed by atoms with Gasteiger partial charge in [0.2, 0.25) is 0 Å². The topological polar surface area (TPSA) is 27.1 Å². The Hall–Kier alpha value is -2.72. The van der Waals surface area contributed by atoms with Gasteiger partial charge in [0.15, 0.2) is 5.16 Å². The number of thioether (sulfide) groups is 1. The van der Waals surface area contributed by atoms with Crippen molar-refractivity contribution in [2.75, 3.05) is 7.11 Å². The highest BCUT2D eigenvalue weighted by Gasteiger charge is 2.12. The number of rotatable bonds is 5. The highest BCUT2D eigenvalue weighted by atomic mass is 32.2. The number of para-hydroxylation sites is 3. The summed E-state index contributed by atoms with van der Waals surface area (Å²) in [4.78, 5) is 4.84. The van der Waals surface area contributed by atoms with Crippen LogP contribution in [0.2, 0.25) is 0 Å². The van der Waals surface area contributed by atoms with Crippen molar-refractivity contribution in [2.45, 2.75) is 10.9 Å². The Morgan fingerprint density at radius 3 is 2.36 bits per heavy atom. The van der Waals surface area contributed by atoms with E-state index in [2.05, 4.69) is 59.2 Å². The summed E-state index contributed by atoms with van der Waals surface area (Å²) in [5, 5.41) is 1.00. The first-order valence-corrected chi connectivity index (χ1v) is 9.12. The van der Waals surface area contributed by atoms with Crippen molar-refractivity contribution >= 4 is 22.8 Å². The van der Waals surface area contributed by atoms with Gasteiger partial charge in [-0.15, -0.1) is 0 Å². The molecule has 0 bridgehead atoms. The molecule has 0 aliphatic heterocycles. The molecular weight excluding hydrogens is 328 g/mol. The van der Waals surface area contributed by atoms with E-state index in [4.69, 9.17) is 9.72 Å². The first-order valence-electron chi connectivity index (χ1n) is 8.14. The van der Waals surface area contributed by atoms with Crippen LogP contribution in [-0.2, 0) is 5.75 Å². The van der Waals surface area contributed by atoms with E-state index in [1.165, 1.54) is 5.56 Å². The molecule has 0 unspecified atom stereocenters. The van der Waals surface area contributed by atoms with Crippen LogP contribution >= 0.6 is 11.8 Å². The average molecular weight is 346 g/mol. The number of benzene rings is 3. The van der Waals surface area contributed by atoms with E-state index in [0.717, 1.165) is 33.4 Å². The quantitative estimate of drug-likeness (QED) is 0.457. The van der Waals surface area contributed by atoms with E-state index in [-0.39, 0.29) is 0 Å². The minimum atomic E-state index is 0.861. The van der Waals surface area contributed by atoms with Crippen LogP contribution in [0.5, 0.6) is 5.75 Å². The van der Waals surface area contributed by atoms with Crippen molar-refractivity contribution in [1.29, 1.82) is 0 Å². The third-order valence-corrected chi connectivity index (χ3v) is 5.08. The SMILES string of the molecule is COc1ccc(CSc2nc3ccccc3n2-c2ccccc2)cc1. The second-order valence-corrected chi connectivity index (χ2v) is 6.63. The zero-order valence-electron chi connectivity index (χ0n) is 13.9. The Labute approximate surface area is 151 Å². The highest BCUT2D eigenvalue weighted by molar-refractivity contribution is 7.98. The standard InChI is InChI=1S/C21H18N2OS/c1-24-18-13-11-16(12-14-18)15-25-21-22-19-9-5-6-10-20(19)23(21)17-7-3-2-4-8-17/h2-14H,15H2,1H3. The predicted molar refractivity (Wildman–Crippen MR) is 104 cm³/mol. The first kappa shape index (κ1) is 15.8. The van der Waals surface area contributed by atoms with Crippen molar-refractivity contribution in [3.05, 3.63) is 84.4 Å². The molecule has 0 N–H and O–H groups in total. The molecule has 3 aromatic carbocycles. The summed E-state index contributed by atoms with van der Waals surface area (Å²) in [5.41, 5.74) is 4.53. The first-order chi connectivity index (χ1) is 12.3. The molecule has 0 saturated carbocycles. The predicted octanol–water partition coefficient (Wildman–Crippen LogP) is 5.33. The maximum absolute atomic E-state index is 5.23. The largest absolute Gasteiger partial charge is 0.497 e. The minimum Gasteiger partial charge on any atom is -0.497 e. The molecule has 0 amide bonds. The Morgan fingerprint density at radius 1 is 0.880 bits per heavy atom. The molecule has 1 aromatic heterocycles. The zero-order valence-corrected chi connectivity index (χ0v) is 14.7. The molecule has 0 spiro atoms. The number of hydrogen-bond acceptors (Lipinski definition) is 3. The van der Waals surface area contributed by atoms with Crippen LogP contribution < -0.4 is 4.74 Å². The number of methoxy groups -OCH3 is 1.